The molecule has 24 heavy (non-hydrogen) atoms. The largest absolute Gasteiger partial charge is 0.256 e. The van der Waals surface area contributed by atoms with E-state index in [1.807, 2.05) is 12.3 Å². The van der Waals surface area contributed by atoms with Gasteiger partial charge in [-0.1, -0.05) is 84.9 Å². The Bertz CT molecular complexity index is 978. The molecule has 0 atom stereocenters. The standard InChI is InChI=1S/C23H17N/c1-2-7-18(8-3-1)19-13-15-22(16-14-19)24-17-21-11-6-10-20-9-4-5-12-23(20)21/h1-17H. The molecule has 4 aromatic rings. The first-order valence-electron chi connectivity index (χ1n) is 8.07. The molecule has 0 amide bonds. The molecule has 0 N–H and O–H groups in total. The molecule has 1 heteroatoms. The molecule has 0 aliphatic carbocycles. The van der Waals surface area contributed by atoms with E-state index in [4.69, 9.17) is 0 Å². The van der Waals surface area contributed by atoms with Crippen LogP contribution in [-0.2, 0) is 0 Å². The molecule has 0 bridgehead atoms. The first kappa shape index (κ1) is 14.4. The van der Waals surface area contributed by atoms with Crippen molar-refractivity contribution in [3.63, 3.8) is 0 Å². The van der Waals surface area contributed by atoms with Gasteiger partial charge in [0.25, 0.3) is 0 Å². The summed E-state index contributed by atoms with van der Waals surface area (Å²) in [4.78, 5) is 4.64. The average Bonchev–Trinajstić information content (AvgIpc) is 2.67. The predicted molar refractivity (Wildman–Crippen MR) is 103 cm³/mol. The Morgan fingerprint density at radius 3 is 2.04 bits per heavy atom. The van der Waals surface area contributed by atoms with Crippen LogP contribution in [0.25, 0.3) is 21.9 Å². The van der Waals surface area contributed by atoms with E-state index in [0.29, 0.717) is 0 Å². The molecule has 4 aromatic carbocycles. The fourth-order valence-electron chi connectivity index (χ4n) is 2.88. The molecule has 0 aliphatic rings. The molecule has 0 spiro atoms. The van der Waals surface area contributed by atoms with E-state index in [-0.39, 0.29) is 0 Å². The van der Waals surface area contributed by atoms with E-state index in [9.17, 15) is 0 Å². The van der Waals surface area contributed by atoms with Gasteiger partial charge in [0.2, 0.25) is 0 Å². The van der Waals surface area contributed by atoms with Crippen molar-refractivity contribution in [2.24, 2.45) is 4.99 Å². The maximum absolute atomic E-state index is 4.64. The Labute approximate surface area is 141 Å². The summed E-state index contributed by atoms with van der Waals surface area (Å²) in [5.74, 6) is 0. The van der Waals surface area contributed by atoms with E-state index in [0.717, 1.165) is 11.3 Å². The highest BCUT2D eigenvalue weighted by Crippen LogP contribution is 2.23. The van der Waals surface area contributed by atoms with Gasteiger partial charge >= 0.3 is 0 Å². The van der Waals surface area contributed by atoms with Crippen LogP contribution in [0.2, 0.25) is 0 Å². The summed E-state index contributed by atoms with van der Waals surface area (Å²) >= 11 is 0. The first-order valence-corrected chi connectivity index (χ1v) is 8.07. The van der Waals surface area contributed by atoms with Gasteiger partial charge in [0.05, 0.1) is 5.69 Å². The lowest BCUT2D eigenvalue weighted by Crippen LogP contribution is -1.83. The van der Waals surface area contributed by atoms with Crippen LogP contribution in [0.5, 0.6) is 0 Å². The number of fused-ring (bicyclic) bond motifs is 1. The summed E-state index contributed by atoms with van der Waals surface area (Å²) in [5, 5.41) is 2.46. The third-order valence-corrected chi connectivity index (χ3v) is 4.15. The number of benzene rings is 4. The van der Waals surface area contributed by atoms with Crippen LogP contribution >= 0.6 is 0 Å². The lowest BCUT2D eigenvalue weighted by atomic mass is 10.1. The van der Waals surface area contributed by atoms with Crippen molar-refractivity contribution < 1.29 is 0 Å². The van der Waals surface area contributed by atoms with E-state index >= 15 is 0 Å². The minimum absolute atomic E-state index is 0.961. The molecule has 0 heterocycles. The highest BCUT2D eigenvalue weighted by Gasteiger charge is 1.98. The van der Waals surface area contributed by atoms with E-state index in [1.165, 1.54) is 21.9 Å². The van der Waals surface area contributed by atoms with Gasteiger partial charge in [-0.2, -0.15) is 0 Å². The van der Waals surface area contributed by atoms with Crippen molar-refractivity contribution in [2.45, 2.75) is 0 Å². The summed E-state index contributed by atoms with van der Waals surface area (Å²) in [6.07, 6.45) is 1.94. The topological polar surface area (TPSA) is 12.4 Å². The third-order valence-electron chi connectivity index (χ3n) is 4.15. The first-order chi connectivity index (χ1) is 11.9. The fraction of sp³-hybridized carbons (Fsp3) is 0. The van der Waals surface area contributed by atoms with E-state index < -0.39 is 0 Å². The number of aliphatic imine (C=N–C) groups is 1. The molecule has 0 unspecified atom stereocenters. The van der Waals surface area contributed by atoms with Crippen LogP contribution in [0.1, 0.15) is 5.56 Å². The monoisotopic (exact) mass is 307 g/mol. The Morgan fingerprint density at radius 1 is 0.542 bits per heavy atom. The van der Waals surface area contributed by atoms with Crippen LogP contribution in [0.4, 0.5) is 5.69 Å². The van der Waals surface area contributed by atoms with Crippen molar-refractivity contribution in [2.75, 3.05) is 0 Å². The quantitative estimate of drug-likeness (QED) is 0.396. The Balaban J connectivity index is 1.62. The maximum Gasteiger partial charge on any atom is 0.0630 e. The molecule has 0 saturated carbocycles. The SMILES string of the molecule is C(=Nc1ccc(-c2ccccc2)cc1)c1cccc2ccccc12. The number of nitrogens with zero attached hydrogens (tertiary/aromatic N) is 1. The normalized spacial score (nSPS) is 11.2. The van der Waals surface area contributed by atoms with Crippen molar-refractivity contribution in [3.8, 4) is 11.1 Å². The van der Waals surface area contributed by atoms with Gasteiger partial charge in [0.15, 0.2) is 0 Å². The number of hydrogen-bond donors (Lipinski definition) is 0. The Morgan fingerprint density at radius 2 is 1.21 bits per heavy atom. The van der Waals surface area contributed by atoms with E-state index in [1.54, 1.807) is 0 Å². The maximum atomic E-state index is 4.64. The molecular formula is C23H17N. The van der Waals surface area contributed by atoms with Gasteiger partial charge in [0.1, 0.15) is 0 Å². The predicted octanol–water partition coefficient (Wildman–Crippen LogP) is 6.26. The summed E-state index contributed by atoms with van der Waals surface area (Å²) in [7, 11) is 0. The zero-order valence-corrected chi connectivity index (χ0v) is 13.3. The highest BCUT2D eigenvalue weighted by atomic mass is 14.7. The third kappa shape index (κ3) is 2.97. The molecule has 4 rings (SSSR count). The zero-order chi connectivity index (χ0) is 16.2. The van der Waals surface area contributed by atoms with Crippen molar-refractivity contribution >= 4 is 22.7 Å². The molecule has 0 radical (unpaired) electrons. The second-order valence-corrected chi connectivity index (χ2v) is 5.74. The van der Waals surface area contributed by atoms with Crippen molar-refractivity contribution in [3.05, 3.63) is 103 Å². The van der Waals surface area contributed by atoms with Crippen LogP contribution in [-0.4, -0.2) is 6.21 Å². The molecular weight excluding hydrogens is 290 g/mol. The van der Waals surface area contributed by atoms with Crippen LogP contribution in [0.3, 0.4) is 0 Å². The van der Waals surface area contributed by atoms with Gasteiger partial charge in [0, 0.05) is 11.8 Å². The Hall–Kier alpha value is -3.19. The number of rotatable bonds is 3. The van der Waals surface area contributed by atoms with Gasteiger partial charge < -0.3 is 0 Å². The number of hydrogen-bond acceptors (Lipinski definition) is 1. The lowest BCUT2D eigenvalue weighted by Gasteiger charge is -2.03. The molecule has 0 aromatic heterocycles. The average molecular weight is 307 g/mol. The molecule has 114 valence electrons. The smallest absolute Gasteiger partial charge is 0.0630 e. The minimum atomic E-state index is 0.961. The molecule has 1 nitrogen and oxygen atoms in total. The minimum Gasteiger partial charge on any atom is -0.256 e. The van der Waals surface area contributed by atoms with Gasteiger partial charge in [-0.15, -0.1) is 0 Å². The molecule has 0 aliphatic heterocycles. The van der Waals surface area contributed by atoms with E-state index in [2.05, 4.69) is 96.0 Å². The zero-order valence-electron chi connectivity index (χ0n) is 13.3. The van der Waals surface area contributed by atoms with Gasteiger partial charge in [-0.05, 0) is 34.0 Å². The summed E-state index contributed by atoms with van der Waals surface area (Å²) in [5.41, 5.74) is 4.53. The van der Waals surface area contributed by atoms with Crippen LogP contribution in [0, 0.1) is 0 Å². The van der Waals surface area contributed by atoms with Crippen LogP contribution < -0.4 is 0 Å². The van der Waals surface area contributed by atoms with Crippen LogP contribution in [0.15, 0.2) is 102 Å². The second-order valence-electron chi connectivity index (χ2n) is 5.74. The van der Waals surface area contributed by atoms with Gasteiger partial charge in [-0.25, -0.2) is 0 Å². The molecule has 0 fully saturated rings. The van der Waals surface area contributed by atoms with Crippen molar-refractivity contribution in [1.29, 1.82) is 0 Å². The summed E-state index contributed by atoms with van der Waals surface area (Å²) < 4.78 is 0. The van der Waals surface area contributed by atoms with Gasteiger partial charge in [-0.3, -0.25) is 4.99 Å². The fourth-order valence-corrected chi connectivity index (χ4v) is 2.88. The lowest BCUT2D eigenvalue weighted by molar-refractivity contribution is 1.52. The highest BCUT2D eigenvalue weighted by molar-refractivity contribution is 6.00. The second kappa shape index (κ2) is 6.51. The molecule has 0 saturated heterocycles. The summed E-state index contributed by atoms with van der Waals surface area (Å²) in [6.45, 7) is 0. The van der Waals surface area contributed by atoms with Crippen molar-refractivity contribution in [1.82, 2.24) is 0 Å². The Kier molecular flexibility index (Phi) is 3.91. The summed E-state index contributed by atoms with van der Waals surface area (Å²) in [6, 6.07) is 33.4.